The lowest BCUT2D eigenvalue weighted by atomic mass is 10.2. The van der Waals surface area contributed by atoms with Crippen LogP contribution in [0.15, 0.2) is 61.1 Å². The third-order valence-electron chi connectivity index (χ3n) is 4.22. The zero-order valence-corrected chi connectivity index (χ0v) is 15.2. The minimum absolute atomic E-state index is 0.244. The standard InChI is InChI=1S/C20H18N6O2/c1-28-11-13-2-6-15(7-3-13)24-20(27)18-17-10-22-12-23-19(17)26(25-18)16-8-4-14(21)5-9-16/h2-10,12H,11,21H2,1H3,(H,24,27). The monoisotopic (exact) mass is 374 g/mol. The van der Waals surface area contributed by atoms with E-state index in [0.29, 0.717) is 29.0 Å². The molecule has 0 unspecified atom stereocenters. The second kappa shape index (κ2) is 7.45. The van der Waals surface area contributed by atoms with Crippen LogP contribution in [0.1, 0.15) is 16.1 Å². The molecule has 0 aliphatic carbocycles. The van der Waals surface area contributed by atoms with Crippen LogP contribution in [0.2, 0.25) is 0 Å². The number of amides is 1. The topological polar surface area (TPSA) is 108 Å². The number of hydrogen-bond acceptors (Lipinski definition) is 6. The van der Waals surface area contributed by atoms with Crippen LogP contribution in [0.5, 0.6) is 0 Å². The highest BCUT2D eigenvalue weighted by Gasteiger charge is 2.19. The highest BCUT2D eigenvalue weighted by Crippen LogP contribution is 2.21. The summed E-state index contributed by atoms with van der Waals surface area (Å²) in [6.07, 6.45) is 3.01. The van der Waals surface area contributed by atoms with Crippen LogP contribution in [-0.4, -0.2) is 32.8 Å². The van der Waals surface area contributed by atoms with Crippen LogP contribution in [0, 0.1) is 0 Å². The van der Waals surface area contributed by atoms with Gasteiger partial charge in [-0.05, 0) is 42.0 Å². The first-order valence-corrected chi connectivity index (χ1v) is 8.59. The van der Waals surface area contributed by atoms with Crippen molar-refractivity contribution in [3.8, 4) is 5.69 Å². The van der Waals surface area contributed by atoms with Gasteiger partial charge >= 0.3 is 0 Å². The van der Waals surface area contributed by atoms with Gasteiger partial charge in [0.25, 0.3) is 5.91 Å². The zero-order chi connectivity index (χ0) is 19.5. The molecule has 0 atom stereocenters. The number of benzene rings is 2. The molecular formula is C20H18N6O2. The Morgan fingerprint density at radius 3 is 2.61 bits per heavy atom. The molecule has 8 heteroatoms. The molecule has 2 aromatic carbocycles. The number of carbonyl (C=O) groups is 1. The first-order valence-electron chi connectivity index (χ1n) is 8.59. The minimum Gasteiger partial charge on any atom is -0.399 e. The van der Waals surface area contributed by atoms with Gasteiger partial charge in [-0.1, -0.05) is 12.1 Å². The number of methoxy groups -OCH3 is 1. The molecule has 0 radical (unpaired) electrons. The molecule has 0 fully saturated rings. The van der Waals surface area contributed by atoms with E-state index >= 15 is 0 Å². The smallest absolute Gasteiger partial charge is 0.276 e. The zero-order valence-electron chi connectivity index (χ0n) is 15.2. The Morgan fingerprint density at radius 2 is 1.89 bits per heavy atom. The second-order valence-electron chi connectivity index (χ2n) is 6.20. The van der Waals surface area contributed by atoms with Crippen LogP contribution in [-0.2, 0) is 11.3 Å². The molecule has 28 heavy (non-hydrogen) atoms. The van der Waals surface area contributed by atoms with Crippen LogP contribution in [0.3, 0.4) is 0 Å². The van der Waals surface area contributed by atoms with E-state index in [1.54, 1.807) is 30.1 Å². The Labute approximate surface area is 161 Å². The summed E-state index contributed by atoms with van der Waals surface area (Å²) in [6.45, 7) is 0.516. The number of nitrogens with one attached hydrogen (secondary N) is 1. The van der Waals surface area contributed by atoms with Gasteiger partial charge in [-0.25, -0.2) is 14.6 Å². The van der Waals surface area contributed by atoms with E-state index in [2.05, 4.69) is 20.4 Å². The molecule has 2 heterocycles. The Kier molecular flexibility index (Phi) is 4.69. The summed E-state index contributed by atoms with van der Waals surface area (Å²) in [5.41, 5.74) is 9.62. The lowest BCUT2D eigenvalue weighted by molar-refractivity contribution is 0.102. The summed E-state index contributed by atoms with van der Waals surface area (Å²) >= 11 is 0. The second-order valence-corrected chi connectivity index (χ2v) is 6.20. The van der Waals surface area contributed by atoms with Crippen molar-refractivity contribution in [1.29, 1.82) is 0 Å². The Balaban J connectivity index is 1.68. The maximum absolute atomic E-state index is 12.9. The van der Waals surface area contributed by atoms with E-state index in [-0.39, 0.29) is 11.6 Å². The highest BCUT2D eigenvalue weighted by atomic mass is 16.5. The summed E-state index contributed by atoms with van der Waals surface area (Å²) in [5, 5.41) is 7.90. The number of nitrogens with two attached hydrogens (primary N) is 1. The van der Waals surface area contributed by atoms with E-state index in [4.69, 9.17) is 10.5 Å². The lowest BCUT2D eigenvalue weighted by Crippen LogP contribution is -2.13. The van der Waals surface area contributed by atoms with Crippen molar-refractivity contribution in [3.63, 3.8) is 0 Å². The predicted molar refractivity (Wildman–Crippen MR) is 106 cm³/mol. The number of nitrogen functional groups attached to an aromatic ring is 1. The molecule has 8 nitrogen and oxygen atoms in total. The van der Waals surface area contributed by atoms with Crippen LogP contribution >= 0.6 is 0 Å². The van der Waals surface area contributed by atoms with Gasteiger partial charge in [-0.3, -0.25) is 4.79 Å². The van der Waals surface area contributed by atoms with Crippen molar-refractivity contribution in [2.75, 3.05) is 18.2 Å². The summed E-state index contributed by atoms with van der Waals surface area (Å²) in [6, 6.07) is 14.6. The Bertz CT molecular complexity index is 1120. The minimum atomic E-state index is -0.339. The molecule has 0 aliphatic heterocycles. The molecule has 1 amide bonds. The fraction of sp³-hybridized carbons (Fsp3) is 0.100. The van der Waals surface area contributed by atoms with Crippen LogP contribution in [0.25, 0.3) is 16.7 Å². The number of nitrogens with zero attached hydrogens (tertiary/aromatic N) is 4. The van der Waals surface area contributed by atoms with Crippen molar-refractivity contribution in [1.82, 2.24) is 19.7 Å². The summed E-state index contributed by atoms with van der Waals surface area (Å²) in [5.74, 6) is -0.339. The first kappa shape index (κ1) is 17.6. The largest absolute Gasteiger partial charge is 0.399 e. The summed E-state index contributed by atoms with van der Waals surface area (Å²) in [7, 11) is 1.64. The normalized spacial score (nSPS) is 10.9. The van der Waals surface area contributed by atoms with Gasteiger partial charge in [0.05, 0.1) is 17.7 Å². The molecular weight excluding hydrogens is 356 g/mol. The molecule has 0 aliphatic rings. The molecule has 2 aromatic heterocycles. The van der Waals surface area contributed by atoms with Crippen molar-refractivity contribution < 1.29 is 9.53 Å². The van der Waals surface area contributed by atoms with Crippen molar-refractivity contribution in [2.24, 2.45) is 0 Å². The number of fused-ring (bicyclic) bond motifs is 1. The fourth-order valence-corrected chi connectivity index (χ4v) is 2.86. The van der Waals surface area contributed by atoms with E-state index in [9.17, 15) is 4.79 Å². The van der Waals surface area contributed by atoms with Gasteiger partial charge < -0.3 is 15.8 Å². The van der Waals surface area contributed by atoms with E-state index in [1.807, 2.05) is 36.4 Å². The van der Waals surface area contributed by atoms with Gasteiger partial charge in [0.1, 0.15) is 6.33 Å². The molecule has 4 rings (SSSR count). The van der Waals surface area contributed by atoms with Crippen LogP contribution in [0.4, 0.5) is 11.4 Å². The van der Waals surface area contributed by atoms with Gasteiger partial charge in [-0.2, -0.15) is 5.10 Å². The fourth-order valence-electron chi connectivity index (χ4n) is 2.86. The molecule has 3 N–H and O–H groups in total. The quantitative estimate of drug-likeness (QED) is 0.520. The maximum Gasteiger partial charge on any atom is 0.276 e. The number of aromatic nitrogens is 4. The van der Waals surface area contributed by atoms with E-state index in [0.717, 1.165) is 11.3 Å². The Morgan fingerprint density at radius 1 is 1.14 bits per heavy atom. The van der Waals surface area contributed by atoms with E-state index in [1.165, 1.54) is 6.33 Å². The van der Waals surface area contributed by atoms with Crippen molar-refractivity contribution in [3.05, 3.63) is 72.3 Å². The summed E-state index contributed by atoms with van der Waals surface area (Å²) < 4.78 is 6.70. The van der Waals surface area contributed by atoms with Crippen LogP contribution < -0.4 is 11.1 Å². The number of ether oxygens (including phenoxy) is 1. The third-order valence-corrected chi connectivity index (χ3v) is 4.22. The number of rotatable bonds is 5. The van der Waals surface area contributed by atoms with Crippen molar-refractivity contribution >= 4 is 28.3 Å². The van der Waals surface area contributed by atoms with Gasteiger partial charge in [0.15, 0.2) is 11.3 Å². The number of hydrogen-bond donors (Lipinski definition) is 2. The summed E-state index contributed by atoms with van der Waals surface area (Å²) in [4.78, 5) is 21.2. The van der Waals surface area contributed by atoms with Gasteiger partial charge in [0, 0.05) is 24.7 Å². The molecule has 0 spiro atoms. The SMILES string of the molecule is COCc1ccc(NC(=O)c2nn(-c3ccc(N)cc3)c3ncncc23)cc1. The average molecular weight is 374 g/mol. The molecule has 0 bridgehead atoms. The number of anilines is 2. The third kappa shape index (κ3) is 3.40. The highest BCUT2D eigenvalue weighted by molar-refractivity contribution is 6.10. The molecule has 4 aromatic rings. The first-order chi connectivity index (χ1) is 13.7. The van der Waals surface area contributed by atoms with Gasteiger partial charge in [-0.15, -0.1) is 0 Å². The van der Waals surface area contributed by atoms with E-state index < -0.39 is 0 Å². The maximum atomic E-state index is 12.9. The lowest BCUT2D eigenvalue weighted by Gasteiger charge is -2.05. The average Bonchev–Trinajstić information content (AvgIpc) is 3.10. The van der Waals surface area contributed by atoms with Crippen molar-refractivity contribution in [2.45, 2.75) is 6.61 Å². The predicted octanol–water partition coefficient (Wildman–Crippen LogP) is 2.80. The van der Waals surface area contributed by atoms with Gasteiger partial charge in [0.2, 0.25) is 0 Å². The molecule has 0 saturated heterocycles. The number of carbonyl (C=O) groups excluding carboxylic acids is 1. The molecule has 0 saturated carbocycles. The Hall–Kier alpha value is -3.78. The molecule has 140 valence electrons.